The van der Waals surface area contributed by atoms with Crippen LogP contribution in [0.3, 0.4) is 0 Å². The molecule has 9 nitrogen and oxygen atoms in total. The van der Waals surface area contributed by atoms with Gasteiger partial charge in [-0.2, -0.15) is 0 Å². The normalized spacial score (nSPS) is 11.4. The summed E-state index contributed by atoms with van der Waals surface area (Å²) in [6.07, 6.45) is 0.775. The van der Waals surface area contributed by atoms with Gasteiger partial charge in [-0.15, -0.1) is 0 Å². The minimum absolute atomic E-state index is 0.0108. The van der Waals surface area contributed by atoms with E-state index in [-0.39, 0.29) is 21.9 Å². The SMILES string of the molecule is CCc1ccc2oc(C(=O)Nc3ccc(S(=O)(=O)Nc4cc(C)nc(C)n4)cc3)cc(=O)c2c1. The Morgan fingerprint density at radius 3 is 2.41 bits per heavy atom. The van der Waals surface area contributed by atoms with Gasteiger partial charge in [0.25, 0.3) is 15.9 Å². The van der Waals surface area contributed by atoms with Crippen LogP contribution in [0.4, 0.5) is 11.5 Å². The molecule has 4 aromatic rings. The maximum atomic E-state index is 12.7. The molecule has 2 aromatic heterocycles. The maximum Gasteiger partial charge on any atom is 0.291 e. The van der Waals surface area contributed by atoms with E-state index in [9.17, 15) is 18.0 Å². The molecule has 0 saturated heterocycles. The lowest BCUT2D eigenvalue weighted by molar-refractivity contribution is 0.0997. The molecule has 0 bridgehead atoms. The number of nitrogens with one attached hydrogen (secondary N) is 2. The number of benzene rings is 2. The topological polar surface area (TPSA) is 131 Å². The summed E-state index contributed by atoms with van der Waals surface area (Å²) < 4.78 is 33.4. The van der Waals surface area contributed by atoms with E-state index in [1.165, 1.54) is 30.3 Å². The first-order chi connectivity index (χ1) is 16.1. The number of amides is 1. The fourth-order valence-electron chi connectivity index (χ4n) is 3.41. The van der Waals surface area contributed by atoms with Crippen molar-refractivity contribution in [3.05, 3.63) is 87.7 Å². The van der Waals surface area contributed by atoms with Crippen molar-refractivity contribution in [3.8, 4) is 0 Å². The molecular formula is C24H22N4O5S. The lowest BCUT2D eigenvalue weighted by Crippen LogP contribution is -2.16. The van der Waals surface area contributed by atoms with Gasteiger partial charge < -0.3 is 9.73 Å². The maximum absolute atomic E-state index is 12.7. The molecule has 0 fully saturated rings. The fourth-order valence-corrected chi connectivity index (χ4v) is 4.40. The van der Waals surface area contributed by atoms with Crippen LogP contribution in [0.5, 0.6) is 0 Å². The number of anilines is 2. The lowest BCUT2D eigenvalue weighted by Gasteiger charge is -2.10. The second-order valence-corrected chi connectivity index (χ2v) is 9.37. The minimum Gasteiger partial charge on any atom is -0.451 e. The number of aryl methyl sites for hydroxylation is 3. The molecule has 0 radical (unpaired) electrons. The number of hydrogen-bond acceptors (Lipinski definition) is 7. The Hall–Kier alpha value is -4.05. The van der Waals surface area contributed by atoms with Gasteiger partial charge in [-0.1, -0.05) is 13.0 Å². The number of nitrogens with zero attached hydrogens (tertiary/aromatic N) is 2. The van der Waals surface area contributed by atoms with E-state index in [1.807, 2.05) is 13.0 Å². The zero-order valence-corrected chi connectivity index (χ0v) is 19.6. The zero-order valence-electron chi connectivity index (χ0n) is 18.7. The van der Waals surface area contributed by atoms with E-state index in [0.717, 1.165) is 18.1 Å². The molecule has 4 rings (SSSR count). The quantitative estimate of drug-likeness (QED) is 0.431. The van der Waals surface area contributed by atoms with E-state index < -0.39 is 15.9 Å². The Kier molecular flexibility index (Phi) is 6.16. The standard InChI is InChI=1S/C24H22N4O5S/c1-4-16-5-10-21-19(12-16)20(29)13-22(33-21)24(30)27-17-6-8-18(9-7-17)34(31,32)28-23-11-14(2)25-15(3)26-23/h5-13H,4H2,1-3H3,(H,27,30)(H,25,26,28). The van der Waals surface area contributed by atoms with Crippen molar-refractivity contribution in [3.63, 3.8) is 0 Å². The minimum atomic E-state index is -3.89. The highest BCUT2D eigenvalue weighted by atomic mass is 32.2. The van der Waals surface area contributed by atoms with Gasteiger partial charge in [0.15, 0.2) is 11.2 Å². The van der Waals surface area contributed by atoms with E-state index in [0.29, 0.717) is 28.2 Å². The Bertz CT molecular complexity index is 1540. The van der Waals surface area contributed by atoms with Crippen LogP contribution < -0.4 is 15.5 Å². The highest BCUT2D eigenvalue weighted by molar-refractivity contribution is 7.92. The molecule has 0 unspecified atom stereocenters. The summed E-state index contributed by atoms with van der Waals surface area (Å²) in [4.78, 5) is 33.3. The molecule has 0 saturated carbocycles. The molecule has 2 N–H and O–H groups in total. The molecule has 34 heavy (non-hydrogen) atoms. The summed E-state index contributed by atoms with van der Waals surface area (Å²) in [5.41, 5.74) is 1.96. The predicted octanol–water partition coefficient (Wildman–Crippen LogP) is 3.82. The Labute approximate surface area is 195 Å². The summed E-state index contributed by atoms with van der Waals surface area (Å²) in [7, 11) is -3.89. The monoisotopic (exact) mass is 478 g/mol. The summed E-state index contributed by atoms with van der Waals surface area (Å²) in [6, 6.07) is 13.5. The molecule has 0 spiro atoms. The molecule has 2 aromatic carbocycles. The molecule has 174 valence electrons. The van der Waals surface area contributed by atoms with Crippen LogP contribution in [-0.4, -0.2) is 24.3 Å². The molecule has 10 heteroatoms. The number of fused-ring (bicyclic) bond motifs is 1. The molecule has 2 heterocycles. The average Bonchev–Trinajstić information content (AvgIpc) is 2.78. The average molecular weight is 479 g/mol. The van der Waals surface area contributed by atoms with E-state index in [4.69, 9.17) is 4.42 Å². The first kappa shape index (κ1) is 23.1. The van der Waals surface area contributed by atoms with Crippen LogP contribution in [0.2, 0.25) is 0 Å². The lowest BCUT2D eigenvalue weighted by atomic mass is 10.1. The van der Waals surface area contributed by atoms with Gasteiger partial charge in [-0.05, 0) is 62.2 Å². The molecule has 0 atom stereocenters. The zero-order chi connectivity index (χ0) is 24.5. The Morgan fingerprint density at radius 2 is 1.74 bits per heavy atom. The van der Waals surface area contributed by atoms with Crippen molar-refractivity contribution < 1.29 is 17.6 Å². The molecular weight excluding hydrogens is 456 g/mol. The van der Waals surface area contributed by atoms with Crippen LogP contribution in [0.15, 0.2) is 68.7 Å². The van der Waals surface area contributed by atoms with Gasteiger partial charge in [-0.25, -0.2) is 18.4 Å². The molecule has 1 amide bonds. The fraction of sp³-hybridized carbons (Fsp3) is 0.167. The summed E-state index contributed by atoms with van der Waals surface area (Å²) in [5.74, 6) is -0.157. The summed E-state index contributed by atoms with van der Waals surface area (Å²) >= 11 is 0. The van der Waals surface area contributed by atoms with Crippen molar-refractivity contribution in [1.82, 2.24) is 9.97 Å². The van der Waals surface area contributed by atoms with Gasteiger partial charge in [0.05, 0.1) is 10.3 Å². The van der Waals surface area contributed by atoms with Crippen molar-refractivity contribution in [2.24, 2.45) is 0 Å². The number of hydrogen-bond donors (Lipinski definition) is 2. The molecule has 0 aliphatic rings. The summed E-state index contributed by atoms with van der Waals surface area (Å²) in [5, 5.41) is 3.02. The third kappa shape index (κ3) is 4.96. The van der Waals surface area contributed by atoms with Crippen molar-refractivity contribution in [2.75, 3.05) is 10.0 Å². The predicted molar refractivity (Wildman–Crippen MR) is 129 cm³/mol. The van der Waals surface area contributed by atoms with Crippen molar-refractivity contribution in [2.45, 2.75) is 32.1 Å². The number of carbonyl (C=O) groups excluding carboxylic acids is 1. The van der Waals surface area contributed by atoms with Crippen LogP contribution in [-0.2, 0) is 16.4 Å². The van der Waals surface area contributed by atoms with E-state index >= 15 is 0 Å². The second kappa shape index (κ2) is 9.06. The van der Waals surface area contributed by atoms with Crippen LogP contribution >= 0.6 is 0 Å². The van der Waals surface area contributed by atoms with Gasteiger partial charge in [-0.3, -0.25) is 14.3 Å². The van der Waals surface area contributed by atoms with E-state index in [1.54, 1.807) is 26.0 Å². The first-order valence-corrected chi connectivity index (χ1v) is 12.0. The Morgan fingerprint density at radius 1 is 1.00 bits per heavy atom. The van der Waals surface area contributed by atoms with Crippen molar-refractivity contribution >= 4 is 38.4 Å². The van der Waals surface area contributed by atoms with Crippen LogP contribution in [0, 0.1) is 13.8 Å². The van der Waals surface area contributed by atoms with Crippen molar-refractivity contribution in [1.29, 1.82) is 0 Å². The van der Waals surface area contributed by atoms with Gasteiger partial charge in [0.2, 0.25) is 0 Å². The first-order valence-electron chi connectivity index (χ1n) is 10.5. The van der Waals surface area contributed by atoms with Gasteiger partial charge in [0, 0.05) is 23.5 Å². The highest BCUT2D eigenvalue weighted by Crippen LogP contribution is 2.19. The Balaban J connectivity index is 1.52. The third-order valence-corrected chi connectivity index (χ3v) is 6.42. The number of sulfonamides is 1. The van der Waals surface area contributed by atoms with Gasteiger partial charge >= 0.3 is 0 Å². The number of rotatable bonds is 6. The van der Waals surface area contributed by atoms with E-state index in [2.05, 4.69) is 20.0 Å². The smallest absolute Gasteiger partial charge is 0.291 e. The molecule has 0 aliphatic carbocycles. The summed E-state index contributed by atoms with van der Waals surface area (Å²) in [6.45, 7) is 5.39. The van der Waals surface area contributed by atoms with Crippen LogP contribution in [0.1, 0.15) is 34.6 Å². The number of aromatic nitrogens is 2. The third-order valence-electron chi connectivity index (χ3n) is 5.05. The number of carbonyl (C=O) groups is 1. The van der Waals surface area contributed by atoms with Crippen LogP contribution in [0.25, 0.3) is 11.0 Å². The highest BCUT2D eigenvalue weighted by Gasteiger charge is 2.17. The second-order valence-electron chi connectivity index (χ2n) is 7.68. The largest absolute Gasteiger partial charge is 0.451 e. The molecule has 0 aliphatic heterocycles. The van der Waals surface area contributed by atoms with Gasteiger partial charge in [0.1, 0.15) is 17.2 Å².